The number of rotatable bonds is 2. The Balaban J connectivity index is 2.18. The Morgan fingerprint density at radius 3 is 2.90 bits per heavy atom. The van der Waals surface area contributed by atoms with Crippen molar-refractivity contribution in [1.82, 2.24) is 0 Å². The molecule has 0 N–H and O–H groups in total. The largest absolute Gasteiger partial charge is 0.462 e. The van der Waals surface area contributed by atoms with Gasteiger partial charge < -0.3 is 9.47 Å². The first kappa shape index (κ1) is 13.7. The van der Waals surface area contributed by atoms with E-state index in [2.05, 4.69) is 0 Å². The molecule has 2 heterocycles. The fourth-order valence-electron chi connectivity index (χ4n) is 2.14. The van der Waals surface area contributed by atoms with Gasteiger partial charge in [-0.05, 0) is 19.1 Å². The maximum Gasteiger partial charge on any atom is 0.353 e. The molecule has 0 saturated carbocycles. The third-order valence-electron chi connectivity index (χ3n) is 2.99. The van der Waals surface area contributed by atoms with Gasteiger partial charge in [-0.25, -0.2) is 9.59 Å². The third kappa shape index (κ3) is 2.19. The van der Waals surface area contributed by atoms with Crippen LogP contribution in [0.4, 0.5) is 5.69 Å². The number of hydrogen-bond donors (Lipinski definition) is 0. The molecule has 2 aliphatic heterocycles. The lowest BCUT2D eigenvalue weighted by Gasteiger charge is -2.17. The van der Waals surface area contributed by atoms with Crippen LogP contribution >= 0.6 is 11.8 Å². The quantitative estimate of drug-likeness (QED) is 0.468. The van der Waals surface area contributed by atoms with Gasteiger partial charge in [0.2, 0.25) is 5.91 Å². The lowest BCUT2D eigenvalue weighted by atomic mass is 10.2. The molecule has 0 radical (unpaired) electrons. The summed E-state index contributed by atoms with van der Waals surface area (Å²) in [6, 6.07) is 6.67. The second-order valence-corrected chi connectivity index (χ2v) is 5.24. The molecule has 1 aromatic rings. The van der Waals surface area contributed by atoms with Gasteiger partial charge in [0.1, 0.15) is 5.03 Å². The van der Waals surface area contributed by atoms with Crippen molar-refractivity contribution < 1.29 is 23.9 Å². The Morgan fingerprint density at radius 1 is 1.38 bits per heavy atom. The van der Waals surface area contributed by atoms with Gasteiger partial charge in [0.25, 0.3) is 0 Å². The van der Waals surface area contributed by atoms with E-state index in [1.165, 1.54) is 4.90 Å². The highest BCUT2D eigenvalue weighted by molar-refractivity contribution is 8.04. The van der Waals surface area contributed by atoms with E-state index in [1.807, 2.05) is 0 Å². The minimum atomic E-state index is -0.805. The van der Waals surface area contributed by atoms with Crippen molar-refractivity contribution in [3.05, 3.63) is 34.9 Å². The molecular weight excluding hydrogens is 294 g/mol. The number of carbonyl (C=O) groups excluding carboxylic acids is 3. The van der Waals surface area contributed by atoms with Gasteiger partial charge in [-0.2, -0.15) is 0 Å². The summed E-state index contributed by atoms with van der Waals surface area (Å²) in [6.45, 7) is 1.78. The topological polar surface area (TPSA) is 72.9 Å². The molecule has 1 aromatic carbocycles. The van der Waals surface area contributed by atoms with Gasteiger partial charge in [0.15, 0.2) is 11.3 Å². The molecule has 1 amide bonds. The van der Waals surface area contributed by atoms with Crippen LogP contribution in [-0.2, 0) is 19.1 Å². The van der Waals surface area contributed by atoms with Gasteiger partial charge in [-0.3, -0.25) is 9.69 Å². The minimum Gasteiger partial charge on any atom is -0.462 e. The first-order valence-electron chi connectivity index (χ1n) is 6.32. The van der Waals surface area contributed by atoms with E-state index in [4.69, 9.17) is 9.47 Å². The number of thioether (sulfide) groups is 1. The fourth-order valence-corrected chi connectivity index (χ4v) is 3.17. The summed E-state index contributed by atoms with van der Waals surface area (Å²) in [5.74, 6) is -1.38. The smallest absolute Gasteiger partial charge is 0.353 e. The zero-order valence-electron chi connectivity index (χ0n) is 11.1. The van der Waals surface area contributed by atoms with Crippen LogP contribution in [0.5, 0.6) is 5.75 Å². The van der Waals surface area contributed by atoms with Crippen LogP contribution in [0.15, 0.2) is 34.9 Å². The maximum atomic E-state index is 12.2. The van der Waals surface area contributed by atoms with Crippen LogP contribution in [0.1, 0.15) is 6.92 Å². The van der Waals surface area contributed by atoms with Crippen molar-refractivity contribution in [1.29, 1.82) is 0 Å². The highest BCUT2D eigenvalue weighted by Crippen LogP contribution is 2.43. The van der Waals surface area contributed by atoms with Crippen molar-refractivity contribution in [3.63, 3.8) is 0 Å². The SMILES string of the molecule is CCOC(=O)C1=C2SCC(=O)N2c2ccccc2OC1=O. The van der Waals surface area contributed by atoms with Crippen molar-refractivity contribution in [2.75, 3.05) is 17.3 Å². The number of benzene rings is 1. The molecule has 7 heteroatoms. The van der Waals surface area contributed by atoms with E-state index in [-0.39, 0.29) is 34.6 Å². The first-order chi connectivity index (χ1) is 10.1. The summed E-state index contributed by atoms with van der Waals surface area (Å²) >= 11 is 1.13. The van der Waals surface area contributed by atoms with Crippen molar-refractivity contribution in [2.45, 2.75) is 6.92 Å². The van der Waals surface area contributed by atoms with Gasteiger partial charge >= 0.3 is 11.9 Å². The molecule has 3 rings (SSSR count). The summed E-state index contributed by atoms with van der Waals surface area (Å²) in [6.07, 6.45) is 0. The lowest BCUT2D eigenvalue weighted by molar-refractivity contribution is -0.142. The number of fused-ring (bicyclic) bond motifs is 3. The Morgan fingerprint density at radius 2 is 2.14 bits per heavy atom. The molecule has 1 saturated heterocycles. The second-order valence-electron chi connectivity index (χ2n) is 4.28. The first-order valence-corrected chi connectivity index (χ1v) is 7.30. The molecule has 1 fully saturated rings. The highest BCUT2D eigenvalue weighted by Gasteiger charge is 2.41. The number of para-hydroxylation sites is 2. The number of anilines is 1. The average molecular weight is 305 g/mol. The third-order valence-corrected chi connectivity index (χ3v) is 4.04. The highest BCUT2D eigenvalue weighted by atomic mass is 32.2. The summed E-state index contributed by atoms with van der Waals surface area (Å²) in [7, 11) is 0. The molecule has 0 bridgehead atoms. The molecule has 6 nitrogen and oxygen atoms in total. The molecule has 0 spiro atoms. The Kier molecular flexibility index (Phi) is 3.42. The summed E-state index contributed by atoms with van der Waals surface area (Å²) in [5, 5.41) is 0.272. The van der Waals surface area contributed by atoms with E-state index in [1.54, 1.807) is 31.2 Å². The average Bonchev–Trinajstić information content (AvgIpc) is 2.76. The Bertz CT molecular complexity index is 682. The predicted molar refractivity (Wildman–Crippen MR) is 75.7 cm³/mol. The van der Waals surface area contributed by atoms with E-state index in [0.717, 1.165) is 11.8 Å². The Hall–Kier alpha value is -2.28. The lowest BCUT2D eigenvalue weighted by Crippen LogP contribution is -2.26. The number of ether oxygens (including phenoxy) is 2. The summed E-state index contributed by atoms with van der Waals surface area (Å²) in [5.41, 5.74) is 0.221. The zero-order valence-corrected chi connectivity index (χ0v) is 11.9. The monoisotopic (exact) mass is 305 g/mol. The van der Waals surface area contributed by atoms with Gasteiger partial charge in [0.05, 0.1) is 18.0 Å². The van der Waals surface area contributed by atoms with E-state index in [9.17, 15) is 14.4 Å². The van der Waals surface area contributed by atoms with Crippen LogP contribution in [0.25, 0.3) is 0 Å². The molecule has 0 aliphatic carbocycles. The predicted octanol–water partition coefficient (Wildman–Crippen LogP) is 1.46. The van der Waals surface area contributed by atoms with Crippen LogP contribution in [0, 0.1) is 0 Å². The zero-order chi connectivity index (χ0) is 15.0. The molecular formula is C14H11NO5S. The fraction of sp³-hybridized carbons (Fsp3) is 0.214. The molecule has 21 heavy (non-hydrogen) atoms. The van der Waals surface area contributed by atoms with E-state index < -0.39 is 11.9 Å². The number of hydrogen-bond acceptors (Lipinski definition) is 6. The normalized spacial score (nSPS) is 17.1. The van der Waals surface area contributed by atoms with E-state index >= 15 is 0 Å². The summed E-state index contributed by atoms with van der Waals surface area (Å²) < 4.78 is 10.1. The van der Waals surface area contributed by atoms with Crippen molar-refractivity contribution >= 4 is 35.3 Å². The van der Waals surface area contributed by atoms with Crippen LogP contribution in [0.3, 0.4) is 0 Å². The maximum absolute atomic E-state index is 12.2. The standard InChI is InChI=1S/C14H11NO5S/c1-2-19-13(17)11-12-15(10(16)7-21-12)8-5-3-4-6-9(8)20-14(11)18/h3-6H,2,7H2,1H3. The van der Waals surface area contributed by atoms with Crippen molar-refractivity contribution in [2.24, 2.45) is 0 Å². The van der Waals surface area contributed by atoms with Gasteiger partial charge in [0, 0.05) is 0 Å². The van der Waals surface area contributed by atoms with E-state index in [0.29, 0.717) is 5.69 Å². The minimum absolute atomic E-state index is 0.133. The number of nitrogens with zero attached hydrogens (tertiary/aromatic N) is 1. The number of amides is 1. The van der Waals surface area contributed by atoms with Gasteiger partial charge in [-0.15, -0.1) is 0 Å². The molecule has 2 aliphatic rings. The molecule has 0 atom stereocenters. The van der Waals surface area contributed by atoms with Crippen LogP contribution < -0.4 is 9.64 Å². The Labute approximate surface area is 124 Å². The molecule has 108 valence electrons. The van der Waals surface area contributed by atoms with Crippen LogP contribution in [0.2, 0.25) is 0 Å². The van der Waals surface area contributed by atoms with Crippen LogP contribution in [-0.4, -0.2) is 30.2 Å². The number of carbonyl (C=O) groups is 3. The summed E-state index contributed by atoms with van der Waals surface area (Å²) in [4.78, 5) is 37.7. The molecule has 0 unspecified atom stereocenters. The second kappa shape index (κ2) is 5.25. The van der Waals surface area contributed by atoms with Gasteiger partial charge in [-0.1, -0.05) is 23.9 Å². The van der Waals surface area contributed by atoms with Crippen molar-refractivity contribution in [3.8, 4) is 5.75 Å². The number of esters is 2. The molecule has 0 aromatic heterocycles.